The molecule has 4 heterocycles. The molecule has 0 aliphatic rings. The fourth-order valence-corrected chi connectivity index (χ4v) is 7.10. The number of nitrogens with zero attached hydrogens (tertiary/aromatic N) is 3. The van der Waals surface area contributed by atoms with Crippen LogP contribution in [0.25, 0.3) is 66.4 Å². The fraction of sp³-hybridized carbons (Fsp3) is 0.260. The molecule has 8 rings (SSSR count). The number of hydrogen-bond acceptors (Lipinski definition) is 4. The van der Waals surface area contributed by atoms with Gasteiger partial charge < -0.3 is 14.4 Å². The quantitative estimate of drug-likeness (QED) is 0.162. The van der Waals surface area contributed by atoms with Gasteiger partial charge in [-0.1, -0.05) is 125 Å². The van der Waals surface area contributed by atoms with Crippen LogP contribution in [0.4, 0.5) is 0 Å². The molecule has 4 aromatic heterocycles. The molecule has 0 bridgehead atoms. The zero-order chi connectivity index (χ0) is 38.2. The van der Waals surface area contributed by atoms with Crippen molar-refractivity contribution in [3.63, 3.8) is 0 Å². The number of fused-ring (bicyclic) bond motifs is 5. The maximum absolute atomic E-state index is 6.39. The van der Waals surface area contributed by atoms with E-state index in [1.165, 1.54) is 38.9 Å². The zero-order valence-electron chi connectivity index (χ0n) is 33.4. The van der Waals surface area contributed by atoms with Crippen molar-refractivity contribution in [3.05, 3.63) is 150 Å². The van der Waals surface area contributed by atoms with Crippen LogP contribution in [0.3, 0.4) is 0 Å². The third-order valence-corrected chi connectivity index (χ3v) is 9.83. The second-order valence-electron chi connectivity index (χ2n) is 17.1. The van der Waals surface area contributed by atoms with Crippen LogP contribution >= 0.6 is 0 Å². The minimum Gasteiger partial charge on any atom is -0.500 e. The Morgan fingerprint density at radius 2 is 1.33 bits per heavy atom. The van der Waals surface area contributed by atoms with Crippen molar-refractivity contribution in [1.29, 1.82) is 0 Å². The van der Waals surface area contributed by atoms with Crippen molar-refractivity contribution in [2.75, 3.05) is 0 Å². The van der Waals surface area contributed by atoms with E-state index < -0.39 is 0 Å². The Labute approximate surface area is 339 Å². The van der Waals surface area contributed by atoms with Gasteiger partial charge in [-0.3, -0.25) is 4.98 Å². The second-order valence-corrected chi connectivity index (χ2v) is 17.1. The van der Waals surface area contributed by atoms with Crippen molar-refractivity contribution < 1.29 is 24.5 Å². The molecule has 0 aliphatic heterocycles. The summed E-state index contributed by atoms with van der Waals surface area (Å²) in [7, 11) is 0. The maximum atomic E-state index is 6.39. The molecule has 281 valence electrons. The van der Waals surface area contributed by atoms with E-state index in [0.29, 0.717) is 5.41 Å². The number of furan rings is 1. The first-order valence-electron chi connectivity index (χ1n) is 18.8. The predicted molar refractivity (Wildman–Crippen MR) is 226 cm³/mol. The molecular weight excluding hydrogens is 851 g/mol. The van der Waals surface area contributed by atoms with Gasteiger partial charge in [0.1, 0.15) is 5.58 Å². The van der Waals surface area contributed by atoms with Gasteiger partial charge >= 0.3 is 0 Å². The van der Waals surface area contributed by atoms with Crippen LogP contribution in [0.2, 0.25) is 0 Å². The molecule has 4 aromatic carbocycles. The fourth-order valence-electron chi connectivity index (χ4n) is 7.10. The molecule has 0 amide bonds. The summed E-state index contributed by atoms with van der Waals surface area (Å²) in [6.45, 7) is 20.0. The summed E-state index contributed by atoms with van der Waals surface area (Å²) in [5, 5.41) is 4.34. The summed E-state index contributed by atoms with van der Waals surface area (Å²) in [4.78, 5) is 13.4. The molecule has 0 spiro atoms. The van der Waals surface area contributed by atoms with E-state index in [-0.39, 0.29) is 25.5 Å². The van der Waals surface area contributed by atoms with E-state index in [1.807, 2.05) is 30.7 Å². The SMILES string of the molecule is CC(C)(C)Cc1ccnc(-c2[c-]ccc3c2oc2c4ccncc4ccc32)c1.Cc1cnc(-c2[c-]cc(C)c(-c3ccc(CC(C)(C)C)cc3)c2)cc1C.[Ir]. The average Bonchev–Trinajstić information content (AvgIpc) is 3.52. The number of hydrogen-bond donors (Lipinski definition) is 0. The number of aromatic nitrogens is 3. The van der Waals surface area contributed by atoms with E-state index in [0.717, 1.165) is 68.1 Å². The van der Waals surface area contributed by atoms with Gasteiger partial charge in [-0.2, -0.15) is 0 Å². The van der Waals surface area contributed by atoms with Crippen molar-refractivity contribution >= 4 is 32.7 Å². The molecule has 0 aliphatic carbocycles. The standard InChI is InChI=1S/C25H21N2O.C25H28N.Ir/c1-25(2,3)14-16-9-12-27-22(13-16)21-6-4-5-19-20-8-7-17-15-26-11-10-18(17)23(20)28-24(19)21;1-17-7-10-22(24-13-18(2)19(3)16-26-24)14-23(17)21-11-8-20(9-12-21)15-25(4,5)6;/h4-5,7-13,15H,14H2,1-3H3;7-9,11-14,16H,15H2,1-6H3;/q2*-1;. The van der Waals surface area contributed by atoms with Crippen LogP contribution in [0.15, 0.2) is 114 Å². The van der Waals surface area contributed by atoms with Crippen LogP contribution in [0, 0.1) is 43.7 Å². The first-order chi connectivity index (χ1) is 25.7. The minimum atomic E-state index is 0. The Morgan fingerprint density at radius 3 is 2.05 bits per heavy atom. The molecule has 0 saturated heterocycles. The molecule has 0 unspecified atom stereocenters. The predicted octanol–water partition coefficient (Wildman–Crippen LogP) is 13.3. The Morgan fingerprint density at radius 1 is 0.600 bits per heavy atom. The van der Waals surface area contributed by atoms with Gasteiger partial charge in [0.2, 0.25) is 0 Å². The first kappa shape index (κ1) is 39.7. The van der Waals surface area contributed by atoms with E-state index in [1.54, 1.807) is 6.20 Å². The monoisotopic (exact) mass is 900 g/mol. The summed E-state index contributed by atoms with van der Waals surface area (Å²) < 4.78 is 6.39. The van der Waals surface area contributed by atoms with Crippen LogP contribution in [0.5, 0.6) is 0 Å². The average molecular weight is 900 g/mol. The number of rotatable bonds is 5. The van der Waals surface area contributed by atoms with Crippen LogP contribution in [0.1, 0.15) is 69.4 Å². The molecule has 0 fully saturated rings. The molecule has 0 saturated carbocycles. The molecule has 5 heteroatoms. The van der Waals surface area contributed by atoms with Crippen LogP contribution in [-0.4, -0.2) is 15.0 Å². The van der Waals surface area contributed by atoms with Crippen molar-refractivity contribution in [3.8, 4) is 33.6 Å². The Bertz CT molecular complexity index is 2610. The summed E-state index contributed by atoms with van der Waals surface area (Å²) in [6.07, 6.45) is 9.58. The van der Waals surface area contributed by atoms with E-state index in [9.17, 15) is 0 Å². The minimum absolute atomic E-state index is 0. The van der Waals surface area contributed by atoms with Crippen molar-refractivity contribution in [2.24, 2.45) is 10.8 Å². The largest absolute Gasteiger partial charge is 0.500 e. The van der Waals surface area contributed by atoms with Gasteiger partial charge in [0, 0.05) is 61.1 Å². The number of pyridine rings is 3. The first-order valence-corrected chi connectivity index (χ1v) is 18.8. The van der Waals surface area contributed by atoms with E-state index in [2.05, 4.69) is 162 Å². The van der Waals surface area contributed by atoms with Gasteiger partial charge in [0.25, 0.3) is 0 Å². The summed E-state index contributed by atoms with van der Waals surface area (Å²) >= 11 is 0. The molecule has 4 nitrogen and oxygen atoms in total. The summed E-state index contributed by atoms with van der Waals surface area (Å²) in [6, 6.07) is 36.7. The molecule has 55 heavy (non-hydrogen) atoms. The van der Waals surface area contributed by atoms with E-state index in [4.69, 9.17) is 4.42 Å². The van der Waals surface area contributed by atoms with E-state index >= 15 is 0 Å². The molecule has 0 atom stereocenters. The zero-order valence-corrected chi connectivity index (χ0v) is 35.8. The van der Waals surface area contributed by atoms with Gasteiger partial charge in [-0.05, 0) is 77.7 Å². The Balaban J connectivity index is 0.000000184. The molecular formula is C50H49IrN3O-2. The maximum Gasteiger partial charge on any atom is 0.128 e. The Kier molecular flexibility index (Phi) is 11.6. The van der Waals surface area contributed by atoms with Gasteiger partial charge in [0.05, 0.1) is 5.58 Å². The van der Waals surface area contributed by atoms with Crippen molar-refractivity contribution in [2.45, 2.75) is 75.2 Å². The smallest absolute Gasteiger partial charge is 0.128 e. The topological polar surface area (TPSA) is 51.8 Å². The number of aryl methyl sites for hydroxylation is 3. The van der Waals surface area contributed by atoms with Crippen LogP contribution < -0.4 is 0 Å². The molecule has 8 aromatic rings. The molecule has 1 radical (unpaired) electrons. The number of benzene rings is 4. The Hall–Kier alpha value is -4.96. The normalized spacial score (nSPS) is 11.7. The van der Waals surface area contributed by atoms with Crippen molar-refractivity contribution in [1.82, 2.24) is 15.0 Å². The van der Waals surface area contributed by atoms with Gasteiger partial charge in [-0.15, -0.1) is 47.5 Å². The summed E-state index contributed by atoms with van der Waals surface area (Å²) in [5.41, 5.74) is 15.0. The molecule has 0 N–H and O–H groups in total. The second kappa shape index (κ2) is 16.0. The van der Waals surface area contributed by atoms with Gasteiger partial charge in [0.15, 0.2) is 0 Å². The third-order valence-electron chi connectivity index (χ3n) is 9.83. The summed E-state index contributed by atoms with van der Waals surface area (Å²) in [5.74, 6) is 0. The van der Waals surface area contributed by atoms with Crippen LogP contribution in [-0.2, 0) is 32.9 Å². The third kappa shape index (κ3) is 9.13. The van der Waals surface area contributed by atoms with Gasteiger partial charge in [-0.25, -0.2) is 0 Å².